The smallest absolute Gasteiger partial charge is 0.323 e. The third-order valence-corrected chi connectivity index (χ3v) is 7.21. The predicted molar refractivity (Wildman–Crippen MR) is 155 cm³/mol. The van der Waals surface area contributed by atoms with Crippen LogP contribution in [0.3, 0.4) is 0 Å². The Balaban J connectivity index is 1.51. The minimum absolute atomic E-state index is 0.236. The van der Waals surface area contributed by atoms with E-state index >= 15 is 0 Å². The fraction of sp³-hybridized carbons (Fsp3) is 0.188. The Morgan fingerprint density at radius 2 is 1.73 bits per heavy atom. The van der Waals surface area contributed by atoms with E-state index in [-0.39, 0.29) is 12.1 Å². The number of amides is 2. The maximum atomic E-state index is 14.2. The Morgan fingerprint density at radius 3 is 2.48 bits per heavy atom. The van der Waals surface area contributed by atoms with Gasteiger partial charge < -0.3 is 24.3 Å². The van der Waals surface area contributed by atoms with Crippen LogP contribution in [0.15, 0.2) is 97.2 Å². The number of hydrogen-bond acceptors (Lipinski definition) is 4. The number of carbonyl (C=O) groups excluding carboxylic acids is 1. The van der Waals surface area contributed by atoms with Crippen molar-refractivity contribution in [3.8, 4) is 23.0 Å². The highest BCUT2D eigenvalue weighted by Crippen LogP contribution is 2.39. The lowest BCUT2D eigenvalue weighted by molar-refractivity contribution is 0.194. The van der Waals surface area contributed by atoms with Crippen LogP contribution in [0, 0.1) is 6.92 Å². The molecule has 6 rings (SSSR count). The molecule has 40 heavy (non-hydrogen) atoms. The van der Waals surface area contributed by atoms with E-state index in [1.54, 1.807) is 7.11 Å². The molecule has 1 atom stereocenters. The largest absolute Gasteiger partial charge is 0.497 e. The van der Waals surface area contributed by atoms with Crippen molar-refractivity contribution in [3.63, 3.8) is 0 Å². The third-order valence-electron chi connectivity index (χ3n) is 7.21. The highest BCUT2D eigenvalue weighted by Gasteiger charge is 2.36. The number of para-hydroxylation sites is 3. The number of aryl methyl sites for hydroxylation is 1. The van der Waals surface area contributed by atoms with Crippen LogP contribution in [-0.2, 0) is 6.54 Å². The molecule has 0 fully saturated rings. The first-order valence-electron chi connectivity index (χ1n) is 13.3. The van der Waals surface area contributed by atoms with Crippen molar-refractivity contribution in [2.75, 3.05) is 19.0 Å². The molecule has 1 aliphatic heterocycles. The molecule has 8 nitrogen and oxygen atoms in total. The maximum Gasteiger partial charge on any atom is 0.323 e. The number of carbonyl (C=O) groups is 1. The Bertz CT molecular complexity index is 1640. The van der Waals surface area contributed by atoms with Crippen LogP contribution in [0.5, 0.6) is 11.5 Å². The van der Waals surface area contributed by atoms with Gasteiger partial charge in [-0.25, -0.2) is 9.48 Å². The minimum Gasteiger partial charge on any atom is -0.497 e. The van der Waals surface area contributed by atoms with E-state index in [1.165, 1.54) is 0 Å². The topological polar surface area (TPSA) is 73.5 Å². The van der Waals surface area contributed by atoms with E-state index in [4.69, 9.17) is 14.6 Å². The average Bonchev–Trinajstić information content (AvgIpc) is 3.55. The number of urea groups is 1. The van der Waals surface area contributed by atoms with Gasteiger partial charge in [0, 0.05) is 11.8 Å². The zero-order chi connectivity index (χ0) is 27.6. The van der Waals surface area contributed by atoms with Crippen molar-refractivity contribution in [2.24, 2.45) is 0 Å². The lowest BCUT2D eigenvalue weighted by Gasteiger charge is -2.31. The second-order valence-electron chi connectivity index (χ2n) is 9.60. The molecule has 2 aromatic heterocycles. The van der Waals surface area contributed by atoms with E-state index in [0.29, 0.717) is 24.6 Å². The third kappa shape index (κ3) is 4.47. The summed E-state index contributed by atoms with van der Waals surface area (Å²) in [4.78, 5) is 16.1. The molecule has 1 aliphatic rings. The van der Waals surface area contributed by atoms with Gasteiger partial charge in [-0.2, -0.15) is 5.10 Å². The average molecular weight is 534 g/mol. The van der Waals surface area contributed by atoms with Gasteiger partial charge in [0.25, 0.3) is 0 Å². The summed E-state index contributed by atoms with van der Waals surface area (Å²) in [5.74, 6) is 2.31. The van der Waals surface area contributed by atoms with Crippen molar-refractivity contribution >= 4 is 11.7 Å². The van der Waals surface area contributed by atoms with Crippen molar-refractivity contribution in [1.29, 1.82) is 0 Å². The summed E-state index contributed by atoms with van der Waals surface area (Å²) in [6.45, 7) is 4.78. The van der Waals surface area contributed by atoms with Gasteiger partial charge in [-0.1, -0.05) is 42.5 Å². The molecule has 0 aliphatic carbocycles. The summed E-state index contributed by atoms with van der Waals surface area (Å²) in [5, 5.41) is 8.05. The number of methoxy groups -OCH3 is 1. The molecule has 1 unspecified atom stereocenters. The van der Waals surface area contributed by atoms with Gasteiger partial charge in [-0.05, 0) is 67.9 Å². The van der Waals surface area contributed by atoms with E-state index in [0.717, 1.165) is 39.8 Å². The van der Waals surface area contributed by atoms with Crippen molar-refractivity contribution in [2.45, 2.75) is 26.4 Å². The molecule has 5 aromatic rings. The first-order chi connectivity index (χ1) is 19.6. The molecule has 3 heterocycles. The zero-order valence-corrected chi connectivity index (χ0v) is 22.7. The Hall–Kier alpha value is -4.98. The number of anilines is 1. The fourth-order valence-electron chi connectivity index (χ4n) is 5.32. The summed E-state index contributed by atoms with van der Waals surface area (Å²) in [6, 6.07) is 28.9. The summed E-state index contributed by atoms with van der Waals surface area (Å²) in [7, 11) is 1.65. The summed E-state index contributed by atoms with van der Waals surface area (Å²) in [6.07, 6.45) is 2.04. The van der Waals surface area contributed by atoms with Crippen molar-refractivity contribution in [1.82, 2.24) is 19.2 Å². The number of ether oxygens (including phenoxy) is 2. The number of aromatic nitrogens is 3. The van der Waals surface area contributed by atoms with Crippen LogP contribution in [0.2, 0.25) is 0 Å². The van der Waals surface area contributed by atoms with Gasteiger partial charge in [0.15, 0.2) is 0 Å². The summed E-state index contributed by atoms with van der Waals surface area (Å²) >= 11 is 0. The first-order valence-corrected chi connectivity index (χ1v) is 13.3. The van der Waals surface area contributed by atoms with Crippen LogP contribution in [-0.4, -0.2) is 39.0 Å². The zero-order valence-electron chi connectivity index (χ0n) is 22.7. The van der Waals surface area contributed by atoms with Crippen molar-refractivity contribution in [3.05, 3.63) is 120 Å². The molecule has 1 N–H and O–H groups in total. The predicted octanol–water partition coefficient (Wildman–Crippen LogP) is 6.52. The molecule has 0 saturated carbocycles. The second-order valence-corrected chi connectivity index (χ2v) is 9.60. The SMILES string of the molecule is CCOc1ccccc1NC(=O)N1Cc2c(C)nn(-c3ccccc3)c2-n2cccc2C1c1ccc(OC)cc1. The standard InChI is InChI=1S/C32H31N5O3/c1-4-40-29-15-9-8-13-27(29)33-32(38)36-21-26-22(2)34-37(24-11-6-5-7-12-24)31(26)35-20-10-14-28(35)30(36)23-16-18-25(39-3)19-17-23/h5-20,30H,4,21H2,1-3H3,(H,33,38). The summed E-state index contributed by atoms with van der Waals surface area (Å²) < 4.78 is 15.3. The second kappa shape index (κ2) is 10.6. The normalized spacial score (nSPS) is 14.2. The molecule has 202 valence electrons. The van der Waals surface area contributed by atoms with Crippen LogP contribution >= 0.6 is 0 Å². The van der Waals surface area contributed by atoms with Crippen LogP contribution in [0.25, 0.3) is 11.5 Å². The van der Waals surface area contributed by atoms with E-state index in [1.807, 2.05) is 115 Å². The maximum absolute atomic E-state index is 14.2. The molecule has 0 radical (unpaired) electrons. The van der Waals surface area contributed by atoms with Crippen LogP contribution in [0.4, 0.5) is 10.5 Å². The molecule has 0 bridgehead atoms. The Morgan fingerprint density at radius 1 is 0.975 bits per heavy atom. The Labute approximate surface area is 233 Å². The van der Waals surface area contributed by atoms with Gasteiger partial charge in [-0.15, -0.1) is 0 Å². The molecule has 3 aromatic carbocycles. The monoisotopic (exact) mass is 533 g/mol. The number of nitrogens with one attached hydrogen (secondary N) is 1. The summed E-state index contributed by atoms with van der Waals surface area (Å²) in [5.41, 5.74) is 5.34. The molecular weight excluding hydrogens is 502 g/mol. The van der Waals surface area contributed by atoms with Crippen molar-refractivity contribution < 1.29 is 14.3 Å². The quantitative estimate of drug-likeness (QED) is 0.270. The molecule has 0 saturated heterocycles. The number of hydrogen-bond donors (Lipinski definition) is 1. The molecular formula is C32H31N5O3. The van der Waals surface area contributed by atoms with Gasteiger partial charge in [-0.3, -0.25) is 0 Å². The highest BCUT2D eigenvalue weighted by atomic mass is 16.5. The van der Waals surface area contributed by atoms with E-state index in [2.05, 4.69) is 16.0 Å². The molecule has 2 amide bonds. The van der Waals surface area contributed by atoms with Gasteiger partial charge in [0.2, 0.25) is 0 Å². The van der Waals surface area contributed by atoms with Gasteiger partial charge in [0.05, 0.1) is 49.1 Å². The Kier molecular flexibility index (Phi) is 6.74. The lowest BCUT2D eigenvalue weighted by atomic mass is 10.0. The highest BCUT2D eigenvalue weighted by molar-refractivity contribution is 5.91. The number of nitrogens with zero attached hydrogens (tertiary/aromatic N) is 4. The van der Waals surface area contributed by atoms with Gasteiger partial charge in [0.1, 0.15) is 17.3 Å². The molecule has 8 heteroatoms. The molecule has 0 spiro atoms. The van der Waals surface area contributed by atoms with Crippen LogP contribution in [0.1, 0.15) is 35.5 Å². The van der Waals surface area contributed by atoms with Crippen LogP contribution < -0.4 is 14.8 Å². The number of rotatable bonds is 6. The number of fused-ring (bicyclic) bond motifs is 3. The number of benzene rings is 3. The lowest BCUT2D eigenvalue weighted by Crippen LogP contribution is -2.38. The van der Waals surface area contributed by atoms with Gasteiger partial charge >= 0.3 is 6.03 Å². The fourth-order valence-corrected chi connectivity index (χ4v) is 5.32. The minimum atomic E-state index is -0.379. The van der Waals surface area contributed by atoms with E-state index in [9.17, 15) is 4.79 Å². The van der Waals surface area contributed by atoms with E-state index < -0.39 is 0 Å². The first kappa shape index (κ1) is 25.3.